The summed E-state index contributed by atoms with van der Waals surface area (Å²) in [6.07, 6.45) is 7.46. The van der Waals surface area contributed by atoms with Gasteiger partial charge in [0.2, 0.25) is 5.91 Å². The SMILES string of the molecule is CCCC(CN)(CCC)C(=O)NC1CCCC1C. The van der Waals surface area contributed by atoms with Crippen LogP contribution in [0.3, 0.4) is 0 Å². The smallest absolute Gasteiger partial charge is 0.227 e. The Kier molecular flexibility index (Phi) is 6.13. The van der Waals surface area contributed by atoms with Crippen molar-refractivity contribution in [1.82, 2.24) is 5.32 Å². The van der Waals surface area contributed by atoms with Crippen molar-refractivity contribution in [2.45, 2.75) is 71.8 Å². The van der Waals surface area contributed by atoms with Crippen LogP contribution in [0.5, 0.6) is 0 Å². The van der Waals surface area contributed by atoms with E-state index in [4.69, 9.17) is 5.73 Å². The van der Waals surface area contributed by atoms with Gasteiger partial charge in [0.15, 0.2) is 0 Å². The van der Waals surface area contributed by atoms with Crippen LogP contribution >= 0.6 is 0 Å². The molecule has 0 aliphatic heterocycles. The number of carbonyl (C=O) groups excluding carboxylic acids is 1. The lowest BCUT2D eigenvalue weighted by Gasteiger charge is -2.33. The summed E-state index contributed by atoms with van der Waals surface area (Å²) in [5.41, 5.74) is 5.60. The third kappa shape index (κ3) is 3.47. The Labute approximate surface area is 112 Å². The zero-order valence-electron chi connectivity index (χ0n) is 12.3. The number of nitrogens with one attached hydrogen (secondary N) is 1. The van der Waals surface area contributed by atoms with Crippen LogP contribution in [0.4, 0.5) is 0 Å². The van der Waals surface area contributed by atoms with Gasteiger partial charge in [-0.15, -0.1) is 0 Å². The van der Waals surface area contributed by atoms with Gasteiger partial charge in [0.05, 0.1) is 5.41 Å². The van der Waals surface area contributed by atoms with Gasteiger partial charge in [-0.2, -0.15) is 0 Å². The lowest BCUT2D eigenvalue weighted by Crippen LogP contribution is -2.49. The molecule has 0 aromatic heterocycles. The maximum atomic E-state index is 12.6. The first-order chi connectivity index (χ1) is 8.59. The van der Waals surface area contributed by atoms with E-state index in [0.717, 1.165) is 32.1 Å². The van der Waals surface area contributed by atoms with Crippen molar-refractivity contribution < 1.29 is 4.79 Å². The van der Waals surface area contributed by atoms with Crippen LogP contribution in [0, 0.1) is 11.3 Å². The van der Waals surface area contributed by atoms with E-state index in [-0.39, 0.29) is 11.3 Å². The average Bonchev–Trinajstić information content (AvgIpc) is 2.74. The fourth-order valence-corrected chi connectivity index (χ4v) is 3.29. The summed E-state index contributed by atoms with van der Waals surface area (Å²) in [6, 6.07) is 0.372. The van der Waals surface area contributed by atoms with Crippen molar-refractivity contribution in [3.05, 3.63) is 0 Å². The van der Waals surface area contributed by atoms with Crippen molar-refractivity contribution >= 4 is 5.91 Å². The number of amides is 1. The molecule has 0 spiro atoms. The van der Waals surface area contributed by atoms with Gasteiger partial charge in [0.25, 0.3) is 0 Å². The van der Waals surface area contributed by atoms with Crippen LogP contribution in [0.25, 0.3) is 0 Å². The minimum Gasteiger partial charge on any atom is -0.353 e. The summed E-state index contributed by atoms with van der Waals surface area (Å²) in [5, 5.41) is 3.27. The van der Waals surface area contributed by atoms with Gasteiger partial charge >= 0.3 is 0 Å². The molecule has 1 rings (SSSR count). The summed E-state index contributed by atoms with van der Waals surface area (Å²) in [7, 11) is 0. The van der Waals surface area contributed by atoms with Crippen molar-refractivity contribution in [3.8, 4) is 0 Å². The Morgan fingerprint density at radius 2 is 1.89 bits per heavy atom. The lowest BCUT2D eigenvalue weighted by atomic mass is 9.78. The van der Waals surface area contributed by atoms with Crippen LogP contribution in [-0.2, 0) is 4.79 Å². The number of rotatable bonds is 7. The molecule has 3 heteroatoms. The quantitative estimate of drug-likeness (QED) is 0.734. The van der Waals surface area contributed by atoms with Crippen LogP contribution < -0.4 is 11.1 Å². The van der Waals surface area contributed by atoms with E-state index < -0.39 is 0 Å². The first-order valence-electron chi connectivity index (χ1n) is 7.60. The lowest BCUT2D eigenvalue weighted by molar-refractivity contribution is -0.132. The second-order valence-corrected chi connectivity index (χ2v) is 5.97. The van der Waals surface area contributed by atoms with E-state index in [2.05, 4.69) is 26.1 Å². The molecule has 1 aliphatic rings. The van der Waals surface area contributed by atoms with Crippen molar-refractivity contribution in [2.24, 2.45) is 17.1 Å². The summed E-state index contributed by atoms with van der Waals surface area (Å²) in [5.74, 6) is 0.820. The molecule has 18 heavy (non-hydrogen) atoms. The van der Waals surface area contributed by atoms with Crippen LogP contribution in [0.2, 0.25) is 0 Å². The van der Waals surface area contributed by atoms with E-state index in [0.29, 0.717) is 18.5 Å². The summed E-state index contributed by atoms with van der Waals surface area (Å²) in [4.78, 5) is 12.6. The normalized spacial score (nSPS) is 24.2. The fraction of sp³-hybridized carbons (Fsp3) is 0.933. The second-order valence-electron chi connectivity index (χ2n) is 5.97. The van der Waals surface area contributed by atoms with Crippen LogP contribution in [-0.4, -0.2) is 18.5 Å². The summed E-state index contributed by atoms with van der Waals surface area (Å²) in [6.45, 7) is 6.97. The molecule has 3 nitrogen and oxygen atoms in total. The molecule has 1 fully saturated rings. The molecule has 0 saturated heterocycles. The molecule has 1 aliphatic carbocycles. The molecule has 0 radical (unpaired) electrons. The van der Waals surface area contributed by atoms with Crippen molar-refractivity contribution in [3.63, 3.8) is 0 Å². The van der Waals surface area contributed by atoms with E-state index >= 15 is 0 Å². The van der Waals surface area contributed by atoms with Crippen molar-refractivity contribution in [2.75, 3.05) is 6.54 Å². The van der Waals surface area contributed by atoms with Gasteiger partial charge in [-0.25, -0.2) is 0 Å². The zero-order chi connectivity index (χ0) is 13.6. The Morgan fingerprint density at radius 1 is 1.28 bits per heavy atom. The third-order valence-corrected chi connectivity index (χ3v) is 4.51. The molecule has 1 amide bonds. The molecule has 106 valence electrons. The monoisotopic (exact) mass is 254 g/mol. The Hall–Kier alpha value is -0.570. The van der Waals surface area contributed by atoms with Crippen LogP contribution in [0.15, 0.2) is 0 Å². The maximum Gasteiger partial charge on any atom is 0.227 e. The van der Waals surface area contributed by atoms with Gasteiger partial charge in [0.1, 0.15) is 0 Å². The average molecular weight is 254 g/mol. The number of hydrogen-bond donors (Lipinski definition) is 2. The highest BCUT2D eigenvalue weighted by Crippen LogP contribution is 2.31. The van der Waals surface area contributed by atoms with Gasteiger partial charge in [0, 0.05) is 12.6 Å². The molecule has 3 N–H and O–H groups in total. The highest BCUT2D eigenvalue weighted by Gasteiger charge is 2.37. The molecule has 0 aromatic rings. The molecule has 0 aromatic carbocycles. The summed E-state index contributed by atoms with van der Waals surface area (Å²) < 4.78 is 0. The van der Waals surface area contributed by atoms with Gasteiger partial charge in [-0.1, -0.05) is 40.0 Å². The van der Waals surface area contributed by atoms with Crippen LogP contribution in [0.1, 0.15) is 65.7 Å². The standard InChI is InChI=1S/C15H30N2O/c1-4-9-15(11-16,10-5-2)14(18)17-13-8-6-7-12(13)3/h12-13H,4-11,16H2,1-3H3,(H,17,18). The largest absolute Gasteiger partial charge is 0.353 e. The van der Waals surface area contributed by atoms with Gasteiger partial charge in [-0.3, -0.25) is 4.79 Å². The summed E-state index contributed by atoms with van der Waals surface area (Å²) >= 11 is 0. The van der Waals surface area contributed by atoms with Gasteiger partial charge < -0.3 is 11.1 Å². The van der Waals surface area contributed by atoms with E-state index in [1.165, 1.54) is 12.8 Å². The highest BCUT2D eigenvalue weighted by molar-refractivity contribution is 5.83. The topological polar surface area (TPSA) is 55.1 Å². The molecular weight excluding hydrogens is 224 g/mol. The predicted octanol–water partition coefficient (Wildman–Crippen LogP) is 2.84. The minimum absolute atomic E-state index is 0.201. The van der Waals surface area contributed by atoms with Crippen molar-refractivity contribution in [1.29, 1.82) is 0 Å². The van der Waals surface area contributed by atoms with E-state index in [9.17, 15) is 4.79 Å². The number of hydrogen-bond acceptors (Lipinski definition) is 2. The zero-order valence-corrected chi connectivity index (χ0v) is 12.3. The molecule has 2 atom stereocenters. The molecule has 0 bridgehead atoms. The molecule has 1 saturated carbocycles. The van der Waals surface area contributed by atoms with E-state index in [1.54, 1.807) is 0 Å². The minimum atomic E-state index is -0.328. The molecular formula is C15H30N2O. The Morgan fingerprint density at radius 3 is 2.28 bits per heavy atom. The fourth-order valence-electron chi connectivity index (χ4n) is 3.29. The first kappa shape index (κ1) is 15.5. The predicted molar refractivity (Wildman–Crippen MR) is 76.2 cm³/mol. The second kappa shape index (κ2) is 7.13. The Bertz CT molecular complexity index is 259. The number of nitrogens with two attached hydrogens (primary N) is 1. The van der Waals surface area contributed by atoms with E-state index in [1.807, 2.05) is 0 Å². The first-order valence-corrected chi connectivity index (χ1v) is 7.60. The third-order valence-electron chi connectivity index (χ3n) is 4.51. The highest BCUT2D eigenvalue weighted by atomic mass is 16.2. The number of carbonyl (C=O) groups is 1. The maximum absolute atomic E-state index is 12.6. The Balaban J connectivity index is 2.68. The molecule has 2 unspecified atom stereocenters. The molecule has 0 heterocycles. The van der Waals surface area contributed by atoms with Gasteiger partial charge in [-0.05, 0) is 31.6 Å².